The summed E-state index contributed by atoms with van der Waals surface area (Å²) >= 11 is 0. The van der Waals surface area contributed by atoms with E-state index in [0.717, 1.165) is 12.0 Å². The maximum Gasteiger partial charge on any atom is 0.291 e. The smallest absolute Gasteiger partial charge is 0.282 e. The fourth-order valence-electron chi connectivity index (χ4n) is 2.62. The van der Waals surface area contributed by atoms with Gasteiger partial charge in [-0.3, -0.25) is 4.55 Å². The van der Waals surface area contributed by atoms with E-state index in [1.807, 2.05) is 33.8 Å². The van der Waals surface area contributed by atoms with Gasteiger partial charge in [-0.2, -0.15) is 8.42 Å². The van der Waals surface area contributed by atoms with Crippen LogP contribution in [0.3, 0.4) is 0 Å². The molecule has 0 bridgehead atoms. The van der Waals surface area contributed by atoms with Crippen molar-refractivity contribution in [2.45, 2.75) is 48.0 Å². The highest BCUT2D eigenvalue weighted by atomic mass is 32.2. The Morgan fingerprint density at radius 1 is 1.11 bits per heavy atom. The van der Waals surface area contributed by atoms with Gasteiger partial charge in [-0.25, -0.2) is 0 Å². The Kier molecular flexibility index (Phi) is 5.02. The van der Waals surface area contributed by atoms with Gasteiger partial charge in [-0.1, -0.05) is 53.2 Å². The minimum Gasteiger partial charge on any atom is -0.282 e. The first-order valence-corrected chi connectivity index (χ1v) is 8.41. The van der Waals surface area contributed by atoms with Crippen LogP contribution in [0, 0.1) is 23.7 Å². The van der Waals surface area contributed by atoms with Crippen LogP contribution >= 0.6 is 0 Å². The molecule has 19 heavy (non-hydrogen) atoms. The van der Waals surface area contributed by atoms with Gasteiger partial charge >= 0.3 is 0 Å². The lowest BCUT2D eigenvalue weighted by Crippen LogP contribution is -2.25. The molecule has 1 N–H and O–H groups in total. The fraction of sp³-hybridized carbons (Fsp3) is 0.733. The molecule has 0 aromatic rings. The number of rotatable bonds is 4. The highest BCUT2D eigenvalue weighted by Gasteiger charge is 2.34. The lowest BCUT2D eigenvalue weighted by molar-refractivity contribution is 0.409. The van der Waals surface area contributed by atoms with E-state index >= 15 is 0 Å². The van der Waals surface area contributed by atoms with Gasteiger partial charge in [0.1, 0.15) is 0 Å². The second-order valence-corrected chi connectivity index (χ2v) is 7.77. The molecular formula is C15H26O3S. The molecule has 4 heteroatoms. The first-order valence-electron chi connectivity index (χ1n) is 6.97. The SMILES string of the molecule is CC(C)C1=CC(C(C)C)=C(S(=O)(=O)O)[C@@H](C(C)C)C1. The monoisotopic (exact) mass is 286 g/mol. The van der Waals surface area contributed by atoms with Crippen LogP contribution in [0.15, 0.2) is 22.1 Å². The molecule has 1 rings (SSSR count). The van der Waals surface area contributed by atoms with Gasteiger partial charge in [0.15, 0.2) is 0 Å². The van der Waals surface area contributed by atoms with E-state index in [1.54, 1.807) is 0 Å². The Bertz CT molecular complexity index is 493. The van der Waals surface area contributed by atoms with Crippen molar-refractivity contribution >= 4 is 10.1 Å². The van der Waals surface area contributed by atoms with Gasteiger partial charge in [0, 0.05) is 5.92 Å². The van der Waals surface area contributed by atoms with Crippen molar-refractivity contribution in [1.29, 1.82) is 0 Å². The van der Waals surface area contributed by atoms with Gasteiger partial charge in [-0.05, 0) is 29.7 Å². The van der Waals surface area contributed by atoms with E-state index < -0.39 is 10.1 Å². The van der Waals surface area contributed by atoms with Crippen LogP contribution in [0.2, 0.25) is 0 Å². The Morgan fingerprint density at radius 2 is 1.63 bits per heavy atom. The highest BCUT2D eigenvalue weighted by molar-refractivity contribution is 7.89. The molecule has 0 aromatic heterocycles. The van der Waals surface area contributed by atoms with Crippen LogP contribution < -0.4 is 0 Å². The predicted molar refractivity (Wildman–Crippen MR) is 79.3 cm³/mol. The molecule has 0 aliphatic heterocycles. The molecule has 0 saturated carbocycles. The van der Waals surface area contributed by atoms with Crippen molar-refractivity contribution in [2.75, 3.05) is 0 Å². The summed E-state index contributed by atoms with van der Waals surface area (Å²) in [4.78, 5) is 0.238. The summed E-state index contributed by atoms with van der Waals surface area (Å²) in [5, 5.41) is 0. The molecule has 0 aromatic carbocycles. The minimum absolute atomic E-state index is 0.0900. The van der Waals surface area contributed by atoms with E-state index in [1.165, 1.54) is 5.57 Å². The average Bonchev–Trinajstić information content (AvgIpc) is 2.25. The number of allylic oxidation sites excluding steroid dienone is 4. The summed E-state index contributed by atoms with van der Waals surface area (Å²) in [5.74, 6) is 0.563. The van der Waals surface area contributed by atoms with Crippen LogP contribution in [0.4, 0.5) is 0 Å². The van der Waals surface area contributed by atoms with Crippen LogP contribution in [0.25, 0.3) is 0 Å². The molecule has 1 aliphatic rings. The van der Waals surface area contributed by atoms with E-state index in [-0.39, 0.29) is 22.7 Å². The summed E-state index contributed by atoms with van der Waals surface area (Å²) in [5.41, 5.74) is 2.05. The second-order valence-electron chi connectivity index (χ2n) is 6.38. The molecule has 0 radical (unpaired) electrons. The zero-order valence-corrected chi connectivity index (χ0v) is 13.6. The number of hydrogen-bond acceptors (Lipinski definition) is 2. The fourth-order valence-corrected chi connectivity index (χ4v) is 3.95. The normalized spacial score (nSPS) is 21.6. The van der Waals surface area contributed by atoms with Crippen molar-refractivity contribution in [3.05, 3.63) is 22.1 Å². The third-order valence-electron chi connectivity index (χ3n) is 3.86. The lowest BCUT2D eigenvalue weighted by Gasteiger charge is -2.32. The molecule has 0 fully saturated rings. The molecule has 1 atom stereocenters. The van der Waals surface area contributed by atoms with Crippen molar-refractivity contribution in [3.8, 4) is 0 Å². The van der Waals surface area contributed by atoms with E-state index in [2.05, 4.69) is 13.8 Å². The third-order valence-corrected chi connectivity index (χ3v) is 4.96. The first kappa shape index (κ1) is 16.4. The maximum absolute atomic E-state index is 11.8. The van der Waals surface area contributed by atoms with Gasteiger partial charge in [0.25, 0.3) is 10.1 Å². The molecule has 3 nitrogen and oxygen atoms in total. The summed E-state index contributed by atoms with van der Waals surface area (Å²) in [6.45, 7) is 12.2. The topological polar surface area (TPSA) is 54.4 Å². The number of hydrogen-bond donors (Lipinski definition) is 1. The predicted octanol–water partition coefficient (Wildman–Crippen LogP) is 4.04. The van der Waals surface area contributed by atoms with Crippen LogP contribution in [-0.4, -0.2) is 13.0 Å². The zero-order chi connectivity index (χ0) is 15.0. The van der Waals surface area contributed by atoms with Gasteiger partial charge in [0.2, 0.25) is 0 Å². The Hall–Kier alpha value is -0.610. The Balaban J connectivity index is 3.52. The van der Waals surface area contributed by atoms with Crippen molar-refractivity contribution < 1.29 is 13.0 Å². The average molecular weight is 286 g/mol. The van der Waals surface area contributed by atoms with Gasteiger partial charge in [-0.15, -0.1) is 0 Å². The van der Waals surface area contributed by atoms with Gasteiger partial charge in [0.05, 0.1) is 4.91 Å². The largest absolute Gasteiger partial charge is 0.291 e. The van der Waals surface area contributed by atoms with Crippen molar-refractivity contribution in [3.63, 3.8) is 0 Å². The lowest BCUT2D eigenvalue weighted by atomic mass is 9.77. The van der Waals surface area contributed by atoms with Crippen molar-refractivity contribution in [2.24, 2.45) is 23.7 Å². The summed E-state index contributed by atoms with van der Waals surface area (Å²) < 4.78 is 33.1. The molecule has 0 unspecified atom stereocenters. The van der Waals surface area contributed by atoms with E-state index in [0.29, 0.717) is 5.92 Å². The maximum atomic E-state index is 11.8. The standard InChI is InChI=1S/C15H26O3S/c1-9(2)12-7-13(10(3)4)15(19(16,17)18)14(8-12)11(5)6/h7,9-11,14H,8H2,1-6H3,(H,16,17,18)/t14-/m1/s1. The molecule has 1 aliphatic carbocycles. The van der Waals surface area contributed by atoms with Gasteiger partial charge < -0.3 is 0 Å². The quantitative estimate of drug-likeness (QED) is 0.793. The van der Waals surface area contributed by atoms with Crippen molar-refractivity contribution in [1.82, 2.24) is 0 Å². The third kappa shape index (κ3) is 3.69. The Labute approximate surface area is 117 Å². The molecule has 0 amide bonds. The summed E-state index contributed by atoms with van der Waals surface area (Å²) in [7, 11) is -4.13. The molecular weight excluding hydrogens is 260 g/mol. The van der Waals surface area contributed by atoms with Crippen LogP contribution in [-0.2, 0) is 10.1 Å². The second kappa shape index (κ2) is 5.80. The molecule has 110 valence electrons. The molecule has 0 spiro atoms. The molecule has 0 saturated heterocycles. The molecule has 0 heterocycles. The summed E-state index contributed by atoms with van der Waals surface area (Å²) in [6, 6.07) is 0. The van der Waals surface area contributed by atoms with Crippen LogP contribution in [0.5, 0.6) is 0 Å². The van der Waals surface area contributed by atoms with E-state index in [4.69, 9.17) is 0 Å². The highest BCUT2D eigenvalue weighted by Crippen LogP contribution is 2.41. The minimum atomic E-state index is -4.13. The van der Waals surface area contributed by atoms with E-state index in [9.17, 15) is 13.0 Å². The van der Waals surface area contributed by atoms with Crippen LogP contribution in [0.1, 0.15) is 48.0 Å². The first-order chi connectivity index (χ1) is 8.55. The summed E-state index contributed by atoms with van der Waals surface area (Å²) in [6.07, 6.45) is 2.71. The zero-order valence-electron chi connectivity index (χ0n) is 12.8. The Morgan fingerprint density at radius 3 is 1.95 bits per heavy atom.